The van der Waals surface area contributed by atoms with Crippen LogP contribution >= 0.6 is 0 Å². The number of hydrogen-bond acceptors (Lipinski definition) is 6. The van der Waals surface area contributed by atoms with Crippen molar-refractivity contribution < 1.29 is 27.4 Å². The van der Waals surface area contributed by atoms with Crippen molar-refractivity contribution in [2.75, 3.05) is 27.9 Å². The SMILES string of the molecule is COc1ccc(C(C)NC(=O)c2ccc(OC)c(S(=O)(=O)N3CCCCC3C)c2)c(OC)c1. The van der Waals surface area contributed by atoms with E-state index in [1.807, 2.05) is 19.9 Å². The molecule has 180 valence electrons. The average Bonchev–Trinajstić information content (AvgIpc) is 2.83. The smallest absolute Gasteiger partial charge is 0.251 e. The maximum absolute atomic E-state index is 13.4. The normalized spacial score (nSPS) is 17.8. The Morgan fingerprint density at radius 2 is 1.76 bits per heavy atom. The lowest BCUT2D eigenvalue weighted by atomic mass is 10.1. The Balaban J connectivity index is 1.89. The second-order valence-corrected chi connectivity index (χ2v) is 9.99. The third-order valence-corrected chi connectivity index (χ3v) is 8.04. The van der Waals surface area contributed by atoms with E-state index in [2.05, 4.69) is 5.32 Å². The van der Waals surface area contributed by atoms with E-state index in [0.29, 0.717) is 18.0 Å². The van der Waals surface area contributed by atoms with E-state index in [9.17, 15) is 13.2 Å². The summed E-state index contributed by atoms with van der Waals surface area (Å²) in [5, 5.41) is 2.92. The Morgan fingerprint density at radius 1 is 1.03 bits per heavy atom. The maximum Gasteiger partial charge on any atom is 0.251 e. The average molecular weight is 477 g/mol. The number of amides is 1. The summed E-state index contributed by atoms with van der Waals surface area (Å²) in [5.74, 6) is 1.05. The molecule has 0 spiro atoms. The van der Waals surface area contributed by atoms with Crippen LogP contribution in [0.25, 0.3) is 0 Å². The van der Waals surface area contributed by atoms with Gasteiger partial charge >= 0.3 is 0 Å². The number of ether oxygens (including phenoxy) is 3. The van der Waals surface area contributed by atoms with E-state index >= 15 is 0 Å². The first-order valence-corrected chi connectivity index (χ1v) is 12.4. The first-order valence-electron chi connectivity index (χ1n) is 11.0. The van der Waals surface area contributed by atoms with Gasteiger partial charge in [0.2, 0.25) is 10.0 Å². The summed E-state index contributed by atoms with van der Waals surface area (Å²) < 4.78 is 44.3. The zero-order valence-corrected chi connectivity index (χ0v) is 20.6. The molecule has 2 unspecified atom stereocenters. The molecule has 1 fully saturated rings. The molecule has 1 N–H and O–H groups in total. The van der Waals surface area contributed by atoms with E-state index in [4.69, 9.17) is 14.2 Å². The van der Waals surface area contributed by atoms with Gasteiger partial charge < -0.3 is 19.5 Å². The number of carbonyl (C=O) groups is 1. The van der Waals surface area contributed by atoms with Gasteiger partial charge in [-0.2, -0.15) is 4.31 Å². The number of rotatable bonds is 8. The Hall–Kier alpha value is -2.78. The number of nitrogens with zero attached hydrogens (tertiary/aromatic N) is 1. The topological polar surface area (TPSA) is 94.2 Å². The molecule has 1 aliphatic rings. The Labute approximate surface area is 195 Å². The van der Waals surface area contributed by atoms with Gasteiger partial charge in [-0.1, -0.05) is 6.42 Å². The molecule has 33 heavy (non-hydrogen) atoms. The number of methoxy groups -OCH3 is 3. The molecular formula is C24H32N2O6S. The fraction of sp³-hybridized carbons (Fsp3) is 0.458. The third-order valence-electron chi connectivity index (χ3n) is 6.01. The van der Waals surface area contributed by atoms with E-state index < -0.39 is 15.9 Å². The first kappa shape index (κ1) is 24.9. The summed E-state index contributed by atoms with van der Waals surface area (Å²) >= 11 is 0. The van der Waals surface area contributed by atoms with Crippen molar-refractivity contribution in [2.45, 2.75) is 50.1 Å². The lowest BCUT2D eigenvalue weighted by Crippen LogP contribution is -2.42. The zero-order valence-electron chi connectivity index (χ0n) is 19.8. The Kier molecular flexibility index (Phi) is 7.86. The van der Waals surface area contributed by atoms with Crippen LogP contribution in [0, 0.1) is 0 Å². The van der Waals surface area contributed by atoms with Gasteiger partial charge in [0, 0.05) is 29.8 Å². The van der Waals surface area contributed by atoms with Crippen molar-refractivity contribution in [1.82, 2.24) is 9.62 Å². The van der Waals surface area contributed by atoms with E-state index in [-0.39, 0.29) is 28.3 Å². The van der Waals surface area contributed by atoms with Crippen LogP contribution in [0.2, 0.25) is 0 Å². The summed E-state index contributed by atoms with van der Waals surface area (Å²) in [6, 6.07) is 9.34. The van der Waals surface area contributed by atoms with Gasteiger partial charge in [-0.3, -0.25) is 4.79 Å². The van der Waals surface area contributed by atoms with Crippen molar-refractivity contribution in [1.29, 1.82) is 0 Å². The standard InChI is InChI=1S/C24H32N2O6S/c1-16-8-6-7-13-26(16)33(28,29)23-14-18(9-12-21(23)31-4)24(27)25-17(2)20-11-10-19(30-3)15-22(20)32-5/h9-12,14-17H,6-8,13H2,1-5H3,(H,25,27). The van der Waals surface area contributed by atoms with Crippen LogP contribution < -0.4 is 19.5 Å². The molecule has 8 nitrogen and oxygen atoms in total. The van der Waals surface area contributed by atoms with Crippen molar-refractivity contribution in [3.63, 3.8) is 0 Å². The predicted octanol–water partition coefficient (Wildman–Crippen LogP) is 3.77. The third kappa shape index (κ3) is 5.25. The second-order valence-electron chi connectivity index (χ2n) is 8.13. The van der Waals surface area contributed by atoms with Gasteiger partial charge in [-0.05, 0) is 57.0 Å². The highest BCUT2D eigenvalue weighted by atomic mass is 32.2. The largest absolute Gasteiger partial charge is 0.497 e. The fourth-order valence-corrected chi connectivity index (χ4v) is 5.99. The Morgan fingerprint density at radius 3 is 2.39 bits per heavy atom. The van der Waals surface area contributed by atoms with Crippen LogP contribution in [0.5, 0.6) is 17.2 Å². The maximum atomic E-state index is 13.4. The summed E-state index contributed by atoms with van der Waals surface area (Å²) in [7, 11) is 0.727. The minimum absolute atomic E-state index is 0.00100. The van der Waals surface area contributed by atoms with Gasteiger partial charge in [0.25, 0.3) is 5.91 Å². The van der Waals surface area contributed by atoms with E-state index in [1.54, 1.807) is 32.4 Å². The number of carbonyl (C=O) groups excluding carboxylic acids is 1. The van der Waals surface area contributed by atoms with Gasteiger partial charge in [-0.25, -0.2) is 8.42 Å². The summed E-state index contributed by atoms with van der Waals surface area (Å²) in [6.07, 6.45) is 2.62. The van der Waals surface area contributed by atoms with Gasteiger partial charge in [0.05, 0.1) is 27.4 Å². The van der Waals surface area contributed by atoms with Crippen LogP contribution in [0.1, 0.15) is 55.1 Å². The minimum atomic E-state index is -3.81. The zero-order chi connectivity index (χ0) is 24.2. The second kappa shape index (κ2) is 10.4. The van der Waals surface area contributed by atoms with Crippen molar-refractivity contribution in [3.05, 3.63) is 47.5 Å². The molecule has 3 rings (SSSR count). The number of benzene rings is 2. The molecule has 2 aromatic rings. The number of hydrogen-bond donors (Lipinski definition) is 1. The fourth-order valence-electron chi connectivity index (χ4n) is 4.11. The van der Waals surface area contributed by atoms with Gasteiger partial charge in [-0.15, -0.1) is 0 Å². The predicted molar refractivity (Wildman–Crippen MR) is 126 cm³/mol. The highest BCUT2D eigenvalue weighted by Gasteiger charge is 2.33. The molecule has 1 heterocycles. The highest BCUT2D eigenvalue weighted by Crippen LogP contribution is 2.33. The number of sulfonamides is 1. The molecular weight excluding hydrogens is 444 g/mol. The quantitative estimate of drug-likeness (QED) is 0.623. The minimum Gasteiger partial charge on any atom is -0.497 e. The van der Waals surface area contributed by atoms with E-state index in [1.165, 1.54) is 23.5 Å². The molecule has 0 aliphatic carbocycles. The summed E-state index contributed by atoms with van der Waals surface area (Å²) in [6.45, 7) is 4.19. The van der Waals surface area contributed by atoms with Crippen molar-refractivity contribution in [2.24, 2.45) is 0 Å². The molecule has 9 heteroatoms. The number of piperidine rings is 1. The first-order chi connectivity index (χ1) is 15.7. The lowest BCUT2D eigenvalue weighted by Gasteiger charge is -2.32. The van der Waals surface area contributed by atoms with Crippen molar-refractivity contribution in [3.8, 4) is 17.2 Å². The molecule has 0 bridgehead atoms. The molecule has 0 aromatic heterocycles. The monoisotopic (exact) mass is 476 g/mol. The van der Waals surface area contributed by atoms with Crippen LogP contribution in [0.3, 0.4) is 0 Å². The molecule has 1 aliphatic heterocycles. The molecule has 0 saturated carbocycles. The highest BCUT2D eigenvalue weighted by molar-refractivity contribution is 7.89. The van der Waals surface area contributed by atoms with Crippen molar-refractivity contribution >= 4 is 15.9 Å². The summed E-state index contributed by atoms with van der Waals surface area (Å²) in [5.41, 5.74) is 1.01. The number of nitrogens with one attached hydrogen (secondary N) is 1. The molecule has 1 saturated heterocycles. The van der Waals surface area contributed by atoms with Crippen LogP contribution in [-0.2, 0) is 10.0 Å². The molecule has 1 amide bonds. The van der Waals surface area contributed by atoms with Gasteiger partial charge in [0.1, 0.15) is 22.1 Å². The van der Waals surface area contributed by atoms with Crippen LogP contribution in [0.4, 0.5) is 0 Å². The molecule has 2 aromatic carbocycles. The Bertz CT molecular complexity index is 1100. The molecule has 0 radical (unpaired) electrons. The van der Waals surface area contributed by atoms with Gasteiger partial charge in [0.15, 0.2) is 0 Å². The summed E-state index contributed by atoms with van der Waals surface area (Å²) in [4.78, 5) is 13.0. The molecule has 2 atom stereocenters. The van der Waals surface area contributed by atoms with E-state index in [0.717, 1.165) is 24.8 Å². The van der Waals surface area contributed by atoms with Crippen LogP contribution in [0.15, 0.2) is 41.3 Å². The van der Waals surface area contributed by atoms with Crippen LogP contribution in [-0.4, -0.2) is 52.5 Å². The lowest BCUT2D eigenvalue weighted by molar-refractivity contribution is 0.0939.